The van der Waals surface area contributed by atoms with Crippen LogP contribution >= 0.6 is 0 Å². The third-order valence-corrected chi connectivity index (χ3v) is 3.97. The van der Waals surface area contributed by atoms with Crippen LogP contribution in [0.5, 0.6) is 0 Å². The average molecular weight is 249 g/mol. The first kappa shape index (κ1) is 12.1. The molecule has 0 radical (unpaired) electrons. The van der Waals surface area contributed by atoms with Crippen molar-refractivity contribution in [3.05, 3.63) is 12.2 Å². The van der Waals surface area contributed by atoms with Crippen LogP contribution < -0.4 is 5.32 Å². The molecule has 1 aliphatic carbocycles. The zero-order valence-electron chi connectivity index (χ0n) is 11.3. The van der Waals surface area contributed by atoms with Crippen LogP contribution in [-0.2, 0) is 6.54 Å². The molecule has 1 aliphatic heterocycles. The smallest absolute Gasteiger partial charge is 0.141 e. The van der Waals surface area contributed by atoms with E-state index in [9.17, 15) is 0 Å². The number of nitrogens with zero attached hydrogens (tertiary/aromatic N) is 4. The fourth-order valence-electron chi connectivity index (χ4n) is 2.79. The summed E-state index contributed by atoms with van der Waals surface area (Å²) in [5, 5.41) is 7.90. The summed E-state index contributed by atoms with van der Waals surface area (Å²) in [6.45, 7) is 7.59. The molecule has 1 saturated carbocycles. The zero-order valence-corrected chi connectivity index (χ0v) is 11.3. The molecule has 1 aromatic heterocycles. The first-order chi connectivity index (χ1) is 8.74. The summed E-state index contributed by atoms with van der Waals surface area (Å²) < 4.78 is 2.00. The van der Waals surface area contributed by atoms with Gasteiger partial charge in [0.05, 0.1) is 6.54 Å². The molecule has 5 nitrogen and oxygen atoms in total. The summed E-state index contributed by atoms with van der Waals surface area (Å²) in [6.07, 6.45) is 5.75. The number of hydrogen-bond donors (Lipinski definition) is 1. The number of likely N-dealkylation sites (tertiary alicyclic amines) is 1. The molecule has 1 atom stereocenters. The van der Waals surface area contributed by atoms with Crippen LogP contribution in [0, 0.1) is 0 Å². The minimum absolute atomic E-state index is 0.385. The van der Waals surface area contributed by atoms with E-state index in [-0.39, 0.29) is 0 Å². The lowest BCUT2D eigenvalue weighted by molar-refractivity contribution is 0.316. The van der Waals surface area contributed by atoms with Crippen molar-refractivity contribution in [2.75, 3.05) is 13.1 Å². The molecule has 2 heterocycles. The van der Waals surface area contributed by atoms with Crippen molar-refractivity contribution in [1.29, 1.82) is 0 Å². The maximum absolute atomic E-state index is 4.34. The highest BCUT2D eigenvalue weighted by atomic mass is 15.4. The van der Waals surface area contributed by atoms with Crippen LogP contribution in [0.4, 0.5) is 0 Å². The highest BCUT2D eigenvalue weighted by molar-refractivity contribution is 4.93. The van der Waals surface area contributed by atoms with E-state index in [1.807, 2.05) is 4.68 Å². The van der Waals surface area contributed by atoms with Crippen LogP contribution in [0.1, 0.15) is 45.0 Å². The fraction of sp³-hybridized carbons (Fsp3) is 0.846. The fourth-order valence-corrected chi connectivity index (χ4v) is 2.79. The second kappa shape index (κ2) is 4.97. The number of nitrogens with one attached hydrogen (secondary N) is 1. The predicted octanol–water partition coefficient (Wildman–Crippen LogP) is 1.19. The van der Waals surface area contributed by atoms with Gasteiger partial charge in [0, 0.05) is 31.2 Å². The second-order valence-electron chi connectivity index (χ2n) is 5.81. The van der Waals surface area contributed by atoms with Gasteiger partial charge in [-0.05, 0) is 33.1 Å². The van der Waals surface area contributed by atoms with Crippen molar-refractivity contribution in [3.63, 3.8) is 0 Å². The van der Waals surface area contributed by atoms with Crippen LogP contribution in [0.25, 0.3) is 0 Å². The summed E-state index contributed by atoms with van der Waals surface area (Å²) in [4.78, 5) is 6.97. The predicted molar refractivity (Wildman–Crippen MR) is 70.2 cm³/mol. The highest BCUT2D eigenvalue weighted by Gasteiger charge is 2.34. The minimum atomic E-state index is 0.385. The quantitative estimate of drug-likeness (QED) is 0.851. The SMILES string of the molecule is CC(C)n1ncnc1CNC1CCN(C2CC2)C1. The lowest BCUT2D eigenvalue weighted by Crippen LogP contribution is -2.33. The lowest BCUT2D eigenvalue weighted by Gasteiger charge is -2.16. The van der Waals surface area contributed by atoms with Crippen LogP contribution in [0.3, 0.4) is 0 Å². The third-order valence-electron chi connectivity index (χ3n) is 3.97. The molecule has 1 aromatic rings. The average Bonchev–Trinajstić information content (AvgIpc) is 2.92. The topological polar surface area (TPSA) is 46.0 Å². The van der Waals surface area contributed by atoms with Crippen molar-refractivity contribution < 1.29 is 0 Å². The van der Waals surface area contributed by atoms with E-state index in [4.69, 9.17) is 0 Å². The van der Waals surface area contributed by atoms with Gasteiger partial charge in [0.1, 0.15) is 12.2 Å². The third kappa shape index (κ3) is 2.57. The highest BCUT2D eigenvalue weighted by Crippen LogP contribution is 2.29. The molecule has 0 amide bonds. The summed E-state index contributed by atoms with van der Waals surface area (Å²) >= 11 is 0. The lowest BCUT2D eigenvalue weighted by atomic mass is 10.2. The molecule has 1 unspecified atom stereocenters. The molecule has 1 saturated heterocycles. The van der Waals surface area contributed by atoms with Gasteiger partial charge in [-0.2, -0.15) is 5.10 Å². The van der Waals surface area contributed by atoms with E-state index in [1.54, 1.807) is 6.33 Å². The Morgan fingerprint density at radius 2 is 2.22 bits per heavy atom. The van der Waals surface area contributed by atoms with Crippen molar-refractivity contribution in [3.8, 4) is 0 Å². The molecule has 100 valence electrons. The van der Waals surface area contributed by atoms with Crippen LogP contribution in [0.2, 0.25) is 0 Å². The number of rotatable bonds is 5. The summed E-state index contributed by atoms with van der Waals surface area (Å²) in [5.41, 5.74) is 0. The van der Waals surface area contributed by atoms with Gasteiger partial charge in [0.25, 0.3) is 0 Å². The number of aromatic nitrogens is 3. The normalized spacial score (nSPS) is 25.2. The maximum atomic E-state index is 4.34. The molecule has 0 aromatic carbocycles. The Kier molecular flexibility index (Phi) is 3.35. The van der Waals surface area contributed by atoms with E-state index < -0.39 is 0 Å². The van der Waals surface area contributed by atoms with E-state index in [2.05, 4.69) is 34.1 Å². The molecule has 3 rings (SSSR count). The molecule has 0 spiro atoms. The molecular weight excluding hydrogens is 226 g/mol. The van der Waals surface area contributed by atoms with Gasteiger partial charge in [0.15, 0.2) is 0 Å². The maximum Gasteiger partial charge on any atom is 0.141 e. The van der Waals surface area contributed by atoms with Gasteiger partial charge < -0.3 is 5.32 Å². The Balaban J connectivity index is 1.50. The monoisotopic (exact) mass is 249 g/mol. The Labute approximate surface area is 109 Å². The van der Waals surface area contributed by atoms with E-state index in [0.29, 0.717) is 12.1 Å². The van der Waals surface area contributed by atoms with Crippen LogP contribution in [0.15, 0.2) is 6.33 Å². The van der Waals surface area contributed by atoms with Crippen molar-refractivity contribution in [2.45, 2.75) is 57.8 Å². The van der Waals surface area contributed by atoms with Gasteiger partial charge in [-0.3, -0.25) is 4.90 Å². The van der Waals surface area contributed by atoms with Crippen LogP contribution in [-0.4, -0.2) is 44.8 Å². The second-order valence-corrected chi connectivity index (χ2v) is 5.81. The minimum Gasteiger partial charge on any atom is -0.306 e. The van der Waals surface area contributed by atoms with E-state index in [0.717, 1.165) is 18.4 Å². The Hall–Kier alpha value is -0.940. The van der Waals surface area contributed by atoms with Gasteiger partial charge in [-0.25, -0.2) is 9.67 Å². The summed E-state index contributed by atoms with van der Waals surface area (Å²) in [5.74, 6) is 1.05. The van der Waals surface area contributed by atoms with Crippen molar-refractivity contribution in [1.82, 2.24) is 25.0 Å². The van der Waals surface area contributed by atoms with E-state index in [1.165, 1.54) is 32.4 Å². The molecule has 5 heteroatoms. The molecule has 1 N–H and O–H groups in total. The van der Waals surface area contributed by atoms with Crippen molar-refractivity contribution in [2.24, 2.45) is 0 Å². The summed E-state index contributed by atoms with van der Waals surface area (Å²) in [6, 6.07) is 1.91. The number of hydrogen-bond acceptors (Lipinski definition) is 4. The Morgan fingerprint density at radius 3 is 2.94 bits per heavy atom. The van der Waals surface area contributed by atoms with Gasteiger partial charge in [-0.15, -0.1) is 0 Å². The first-order valence-corrected chi connectivity index (χ1v) is 7.10. The largest absolute Gasteiger partial charge is 0.306 e. The van der Waals surface area contributed by atoms with Gasteiger partial charge >= 0.3 is 0 Å². The zero-order chi connectivity index (χ0) is 12.5. The Bertz CT molecular complexity index is 396. The van der Waals surface area contributed by atoms with E-state index >= 15 is 0 Å². The molecular formula is C13H23N5. The molecule has 18 heavy (non-hydrogen) atoms. The molecule has 2 fully saturated rings. The van der Waals surface area contributed by atoms with Gasteiger partial charge in [0.2, 0.25) is 0 Å². The van der Waals surface area contributed by atoms with Gasteiger partial charge in [-0.1, -0.05) is 0 Å². The molecule has 2 aliphatic rings. The van der Waals surface area contributed by atoms with Crippen molar-refractivity contribution >= 4 is 0 Å². The first-order valence-electron chi connectivity index (χ1n) is 7.10. The molecule has 0 bridgehead atoms. The Morgan fingerprint density at radius 1 is 1.39 bits per heavy atom. The standard InChI is InChI=1S/C13H23N5/c1-10(2)18-13(15-9-16-18)7-14-11-5-6-17(8-11)12-3-4-12/h9-12,14H,3-8H2,1-2H3. The summed E-state index contributed by atoms with van der Waals surface area (Å²) in [7, 11) is 0.